The molecule has 0 aliphatic carbocycles. The summed E-state index contributed by atoms with van der Waals surface area (Å²) < 4.78 is 0. The number of carbonyl (C=O) groups excluding carboxylic acids is 1. The monoisotopic (exact) mass is 254 g/mol. The summed E-state index contributed by atoms with van der Waals surface area (Å²) in [5.74, 6) is -0.0973. The van der Waals surface area contributed by atoms with Crippen LogP contribution in [0, 0.1) is 12.8 Å². The van der Waals surface area contributed by atoms with Crippen molar-refractivity contribution in [3.8, 4) is 5.75 Å². The highest BCUT2D eigenvalue weighted by molar-refractivity contribution is 6.00. The van der Waals surface area contributed by atoms with E-state index in [4.69, 9.17) is 0 Å². The molecule has 2 aromatic rings. The molecule has 0 aromatic heterocycles. The van der Waals surface area contributed by atoms with Crippen LogP contribution in [-0.4, -0.2) is 10.9 Å². The average molecular weight is 254 g/mol. The van der Waals surface area contributed by atoms with Gasteiger partial charge >= 0.3 is 0 Å². The maximum atomic E-state index is 12.3. The van der Waals surface area contributed by atoms with Crippen molar-refractivity contribution in [2.75, 3.05) is 0 Å². The highest BCUT2D eigenvalue weighted by atomic mass is 16.3. The van der Waals surface area contributed by atoms with Gasteiger partial charge in [0.15, 0.2) is 5.78 Å². The molecule has 1 atom stereocenters. The van der Waals surface area contributed by atoms with Gasteiger partial charge in [0, 0.05) is 5.92 Å². The Kier molecular flexibility index (Phi) is 4.00. The Morgan fingerprint density at radius 3 is 2.42 bits per heavy atom. The fourth-order valence-electron chi connectivity index (χ4n) is 2.21. The maximum Gasteiger partial charge on any atom is 0.169 e. The van der Waals surface area contributed by atoms with Crippen molar-refractivity contribution in [2.45, 2.75) is 20.3 Å². The summed E-state index contributed by atoms with van der Waals surface area (Å²) in [6, 6.07) is 14.8. The second-order valence-electron chi connectivity index (χ2n) is 4.91. The third-order valence-corrected chi connectivity index (χ3v) is 3.40. The molecule has 0 heterocycles. The van der Waals surface area contributed by atoms with Crippen LogP contribution in [0.5, 0.6) is 5.75 Å². The normalized spacial score (nSPS) is 12.1. The number of phenolic OH excluding ortho intramolecular Hbond substituents is 1. The van der Waals surface area contributed by atoms with E-state index in [2.05, 4.69) is 0 Å². The number of ketones is 1. The van der Waals surface area contributed by atoms with Gasteiger partial charge in [-0.2, -0.15) is 0 Å². The number of aromatic hydroxyl groups is 1. The lowest BCUT2D eigenvalue weighted by Gasteiger charge is -2.13. The van der Waals surface area contributed by atoms with E-state index in [1.165, 1.54) is 11.1 Å². The number of rotatable bonds is 4. The molecule has 0 radical (unpaired) electrons. The molecular formula is C17H18O2. The van der Waals surface area contributed by atoms with Gasteiger partial charge in [0.1, 0.15) is 5.75 Å². The zero-order valence-electron chi connectivity index (χ0n) is 11.3. The molecule has 0 amide bonds. The highest BCUT2D eigenvalue weighted by Gasteiger charge is 2.18. The van der Waals surface area contributed by atoms with Crippen LogP contribution in [0.15, 0.2) is 48.5 Å². The fraction of sp³-hybridized carbons (Fsp3) is 0.235. The Morgan fingerprint density at radius 2 is 1.74 bits per heavy atom. The number of carbonyl (C=O) groups is 1. The molecule has 0 aliphatic heterocycles. The predicted molar refractivity (Wildman–Crippen MR) is 76.5 cm³/mol. The quantitative estimate of drug-likeness (QED) is 0.843. The summed E-state index contributed by atoms with van der Waals surface area (Å²) in [6.07, 6.45) is 0.694. The minimum absolute atomic E-state index is 0.0126. The topological polar surface area (TPSA) is 37.3 Å². The van der Waals surface area contributed by atoms with E-state index in [1.54, 1.807) is 24.3 Å². The third kappa shape index (κ3) is 3.02. The molecule has 1 unspecified atom stereocenters. The molecule has 1 N–H and O–H groups in total. The van der Waals surface area contributed by atoms with Crippen LogP contribution in [0.4, 0.5) is 0 Å². The molecule has 98 valence electrons. The molecule has 2 rings (SSSR count). The van der Waals surface area contributed by atoms with Crippen LogP contribution in [0.1, 0.15) is 28.4 Å². The van der Waals surface area contributed by atoms with Gasteiger partial charge in [-0.3, -0.25) is 4.79 Å². The van der Waals surface area contributed by atoms with E-state index in [0.717, 1.165) is 0 Å². The number of hydrogen-bond donors (Lipinski definition) is 1. The van der Waals surface area contributed by atoms with Crippen molar-refractivity contribution in [3.05, 3.63) is 65.2 Å². The van der Waals surface area contributed by atoms with E-state index in [1.807, 2.05) is 38.1 Å². The molecule has 0 saturated heterocycles. The Balaban J connectivity index is 2.17. The molecule has 19 heavy (non-hydrogen) atoms. The van der Waals surface area contributed by atoms with Gasteiger partial charge in [-0.1, -0.05) is 43.3 Å². The number of hydrogen-bond acceptors (Lipinski definition) is 2. The van der Waals surface area contributed by atoms with Crippen molar-refractivity contribution in [2.24, 2.45) is 5.92 Å². The van der Waals surface area contributed by atoms with Crippen molar-refractivity contribution in [1.82, 2.24) is 0 Å². The van der Waals surface area contributed by atoms with Crippen molar-refractivity contribution < 1.29 is 9.90 Å². The zero-order chi connectivity index (χ0) is 13.8. The van der Waals surface area contributed by atoms with E-state index >= 15 is 0 Å². The van der Waals surface area contributed by atoms with Crippen LogP contribution in [0.2, 0.25) is 0 Å². The summed E-state index contributed by atoms with van der Waals surface area (Å²) in [6.45, 7) is 3.95. The molecule has 0 bridgehead atoms. The molecular weight excluding hydrogens is 236 g/mol. The minimum Gasteiger partial charge on any atom is -0.507 e. The second kappa shape index (κ2) is 5.70. The van der Waals surface area contributed by atoms with Gasteiger partial charge < -0.3 is 5.11 Å². The molecule has 0 saturated carbocycles. The number of Topliss-reactive ketones (excluding diaryl/α,β-unsaturated/α-hetero) is 1. The van der Waals surface area contributed by atoms with Crippen molar-refractivity contribution in [3.63, 3.8) is 0 Å². The van der Waals surface area contributed by atoms with E-state index < -0.39 is 0 Å². The second-order valence-corrected chi connectivity index (χ2v) is 4.91. The molecule has 0 fully saturated rings. The van der Waals surface area contributed by atoms with E-state index in [9.17, 15) is 9.90 Å². The highest BCUT2D eigenvalue weighted by Crippen LogP contribution is 2.22. The molecule has 2 aromatic carbocycles. The fourth-order valence-corrected chi connectivity index (χ4v) is 2.21. The Hall–Kier alpha value is -2.09. The number of phenols is 1. The summed E-state index contributed by atoms with van der Waals surface area (Å²) in [5, 5.41) is 9.73. The Bertz CT molecular complexity index is 587. The smallest absolute Gasteiger partial charge is 0.169 e. The standard InChI is InChI=1S/C17H18O2/c1-12-7-3-4-8-14(12)11-13(2)17(19)15-9-5-6-10-16(15)18/h3-10,13,18H,11H2,1-2H3. The largest absolute Gasteiger partial charge is 0.507 e. The Labute approximate surface area is 113 Å². The van der Waals surface area contributed by atoms with Crippen LogP contribution in [0.25, 0.3) is 0 Å². The number of aryl methyl sites for hydroxylation is 1. The SMILES string of the molecule is Cc1ccccc1CC(C)C(=O)c1ccccc1O. The minimum atomic E-state index is -0.144. The zero-order valence-corrected chi connectivity index (χ0v) is 11.3. The summed E-state index contributed by atoms with van der Waals surface area (Å²) in [5.41, 5.74) is 2.78. The van der Waals surface area contributed by atoms with Gasteiger partial charge in [0.2, 0.25) is 0 Å². The Morgan fingerprint density at radius 1 is 1.11 bits per heavy atom. The summed E-state index contributed by atoms with van der Waals surface area (Å²) in [7, 11) is 0. The van der Waals surface area contributed by atoms with Crippen LogP contribution in [-0.2, 0) is 6.42 Å². The van der Waals surface area contributed by atoms with Crippen molar-refractivity contribution >= 4 is 5.78 Å². The molecule has 2 nitrogen and oxygen atoms in total. The first kappa shape index (κ1) is 13.3. The summed E-state index contributed by atoms with van der Waals surface area (Å²) >= 11 is 0. The van der Waals surface area contributed by atoms with Gasteiger partial charge in [-0.15, -0.1) is 0 Å². The number of para-hydroxylation sites is 1. The van der Waals surface area contributed by atoms with E-state index in [-0.39, 0.29) is 17.5 Å². The van der Waals surface area contributed by atoms with Gasteiger partial charge in [0.05, 0.1) is 5.56 Å². The number of benzene rings is 2. The third-order valence-electron chi connectivity index (χ3n) is 3.40. The first-order valence-electron chi connectivity index (χ1n) is 6.46. The predicted octanol–water partition coefficient (Wildman–Crippen LogP) is 3.76. The first-order valence-corrected chi connectivity index (χ1v) is 6.46. The van der Waals surface area contributed by atoms with Gasteiger partial charge in [-0.25, -0.2) is 0 Å². The van der Waals surface area contributed by atoms with Crippen LogP contribution >= 0.6 is 0 Å². The average Bonchev–Trinajstić information content (AvgIpc) is 2.41. The lowest BCUT2D eigenvalue weighted by molar-refractivity contribution is 0.0926. The van der Waals surface area contributed by atoms with Crippen LogP contribution < -0.4 is 0 Å². The van der Waals surface area contributed by atoms with Crippen LogP contribution in [0.3, 0.4) is 0 Å². The molecule has 0 spiro atoms. The summed E-state index contributed by atoms with van der Waals surface area (Å²) in [4.78, 5) is 12.3. The molecule has 2 heteroatoms. The lowest BCUT2D eigenvalue weighted by Crippen LogP contribution is -2.14. The first-order chi connectivity index (χ1) is 9.09. The van der Waals surface area contributed by atoms with Gasteiger partial charge in [0.25, 0.3) is 0 Å². The lowest BCUT2D eigenvalue weighted by atomic mass is 9.91. The maximum absolute atomic E-state index is 12.3. The van der Waals surface area contributed by atoms with Gasteiger partial charge in [-0.05, 0) is 36.6 Å². The molecule has 0 aliphatic rings. The van der Waals surface area contributed by atoms with Crippen molar-refractivity contribution in [1.29, 1.82) is 0 Å². The van der Waals surface area contributed by atoms with E-state index in [0.29, 0.717) is 12.0 Å².